The minimum absolute atomic E-state index is 0.0858. The van der Waals surface area contributed by atoms with Crippen LogP contribution in [0.25, 0.3) is 0 Å². The summed E-state index contributed by atoms with van der Waals surface area (Å²) in [5, 5.41) is 0. The van der Waals surface area contributed by atoms with E-state index in [-0.39, 0.29) is 23.5 Å². The second kappa shape index (κ2) is 6.49. The molecule has 32 heavy (non-hydrogen) atoms. The predicted octanol–water partition coefficient (Wildman–Crippen LogP) is 4.39. The summed E-state index contributed by atoms with van der Waals surface area (Å²) in [7, 11) is 0. The second-order valence-electron chi connectivity index (χ2n) is 9.01. The maximum absolute atomic E-state index is 14.1. The van der Waals surface area contributed by atoms with Gasteiger partial charge in [-0.25, -0.2) is 4.90 Å². The summed E-state index contributed by atoms with van der Waals surface area (Å²) in [5.41, 5.74) is 4.20. The number of aryl methyl sites for hydroxylation is 1. The number of nitrogens with zero attached hydrogens (tertiary/aromatic N) is 1. The number of hydrogen-bond donors (Lipinski definition) is 0. The molecule has 7 rings (SSSR count). The molecule has 1 heterocycles. The zero-order chi connectivity index (χ0) is 22.2. The molecule has 0 saturated carbocycles. The van der Waals surface area contributed by atoms with Crippen molar-refractivity contribution in [3.63, 3.8) is 0 Å². The van der Waals surface area contributed by atoms with Gasteiger partial charge >= 0.3 is 0 Å². The summed E-state index contributed by atoms with van der Waals surface area (Å²) in [6.45, 7) is 3.58. The first-order chi connectivity index (χ1) is 15.5. The van der Waals surface area contributed by atoms with Crippen molar-refractivity contribution in [1.82, 2.24) is 0 Å². The highest BCUT2D eigenvalue weighted by molar-refractivity contribution is 6.25. The molecular weight excluding hydrogens is 398 g/mol. The van der Waals surface area contributed by atoms with Crippen molar-refractivity contribution in [3.05, 3.63) is 101 Å². The lowest BCUT2D eigenvalue weighted by Crippen LogP contribution is -2.57. The fourth-order valence-corrected chi connectivity index (χ4v) is 6.64. The van der Waals surface area contributed by atoms with E-state index in [1.54, 1.807) is 6.92 Å². The zero-order valence-corrected chi connectivity index (χ0v) is 18.0. The molecule has 3 aromatic carbocycles. The average molecular weight is 421 g/mol. The number of Topliss-reactive ketones (excluding diaryl/α,β-unsaturated/α-hetero) is 1. The van der Waals surface area contributed by atoms with E-state index in [2.05, 4.69) is 0 Å². The van der Waals surface area contributed by atoms with Crippen LogP contribution in [-0.2, 0) is 26.2 Å². The van der Waals surface area contributed by atoms with Gasteiger partial charge in [0.2, 0.25) is 11.8 Å². The van der Waals surface area contributed by atoms with Gasteiger partial charge in [0.25, 0.3) is 0 Å². The molecule has 1 fully saturated rings. The standard InChI is InChI=1S/C28H23NO3/c1-3-17-10-4-9-15-22(17)29-26(31)24-23-18-11-5-7-13-20(18)28(16(2)30,25(24)27(29)32)21-14-8-6-12-19(21)23/h4-15,23-25H,3H2,1-2H3/t23?,24-,25+,28?/m0/s1. The van der Waals surface area contributed by atoms with Crippen molar-refractivity contribution in [2.75, 3.05) is 4.90 Å². The minimum Gasteiger partial charge on any atom is -0.299 e. The average Bonchev–Trinajstić information content (AvgIpc) is 3.09. The summed E-state index contributed by atoms with van der Waals surface area (Å²) >= 11 is 0. The van der Waals surface area contributed by atoms with E-state index in [0.29, 0.717) is 12.1 Å². The van der Waals surface area contributed by atoms with E-state index < -0.39 is 17.3 Å². The van der Waals surface area contributed by atoms with Crippen molar-refractivity contribution in [2.45, 2.75) is 31.6 Å². The highest BCUT2D eigenvalue weighted by Crippen LogP contribution is 2.64. The third-order valence-electron chi connectivity index (χ3n) is 7.79. The van der Waals surface area contributed by atoms with E-state index in [1.165, 1.54) is 4.90 Å². The molecule has 4 nitrogen and oxygen atoms in total. The van der Waals surface area contributed by atoms with Crippen LogP contribution in [0.15, 0.2) is 72.8 Å². The van der Waals surface area contributed by atoms with Crippen LogP contribution in [0.2, 0.25) is 0 Å². The highest BCUT2D eigenvalue weighted by atomic mass is 16.2. The predicted molar refractivity (Wildman–Crippen MR) is 121 cm³/mol. The van der Waals surface area contributed by atoms with Gasteiger partial charge < -0.3 is 0 Å². The number of carbonyl (C=O) groups is 3. The third kappa shape index (κ3) is 2.05. The molecule has 3 aliphatic carbocycles. The van der Waals surface area contributed by atoms with Crippen LogP contribution in [0.3, 0.4) is 0 Å². The molecule has 4 aliphatic rings. The maximum atomic E-state index is 14.1. The number of para-hydroxylation sites is 1. The van der Waals surface area contributed by atoms with Gasteiger partial charge in [0.1, 0.15) is 5.78 Å². The molecule has 0 unspecified atom stereocenters. The topological polar surface area (TPSA) is 54.5 Å². The summed E-state index contributed by atoms with van der Waals surface area (Å²) in [4.78, 5) is 43.0. The van der Waals surface area contributed by atoms with Crippen molar-refractivity contribution in [1.29, 1.82) is 0 Å². The lowest BCUT2D eigenvalue weighted by Gasteiger charge is -2.52. The zero-order valence-electron chi connectivity index (χ0n) is 18.0. The Hall–Kier alpha value is -3.53. The van der Waals surface area contributed by atoms with Crippen LogP contribution in [-0.4, -0.2) is 17.6 Å². The monoisotopic (exact) mass is 421 g/mol. The van der Waals surface area contributed by atoms with Crippen molar-refractivity contribution in [3.8, 4) is 0 Å². The number of hydrogen-bond acceptors (Lipinski definition) is 3. The summed E-state index contributed by atoms with van der Waals surface area (Å²) in [6.07, 6.45) is 0.713. The first kappa shape index (κ1) is 19.2. The van der Waals surface area contributed by atoms with Crippen molar-refractivity contribution in [2.24, 2.45) is 11.8 Å². The van der Waals surface area contributed by atoms with Crippen LogP contribution >= 0.6 is 0 Å². The number of ketones is 1. The molecule has 1 aliphatic heterocycles. The maximum Gasteiger partial charge on any atom is 0.239 e. The van der Waals surface area contributed by atoms with Crippen LogP contribution in [0.1, 0.15) is 47.6 Å². The molecular formula is C28H23NO3. The third-order valence-corrected chi connectivity index (χ3v) is 7.79. The Labute approximate surface area is 186 Å². The second-order valence-corrected chi connectivity index (χ2v) is 9.01. The Balaban J connectivity index is 1.67. The fraction of sp³-hybridized carbons (Fsp3) is 0.250. The molecule has 2 atom stereocenters. The van der Waals surface area contributed by atoms with Crippen LogP contribution in [0, 0.1) is 11.8 Å². The fourth-order valence-electron chi connectivity index (χ4n) is 6.64. The van der Waals surface area contributed by atoms with Gasteiger partial charge in [0.05, 0.1) is 22.9 Å². The summed E-state index contributed by atoms with van der Waals surface area (Å²) < 4.78 is 0. The van der Waals surface area contributed by atoms with Crippen molar-refractivity contribution < 1.29 is 14.4 Å². The normalized spacial score (nSPS) is 27.2. The van der Waals surface area contributed by atoms with Gasteiger partial charge in [-0.15, -0.1) is 0 Å². The van der Waals surface area contributed by atoms with E-state index >= 15 is 0 Å². The molecule has 2 amide bonds. The largest absolute Gasteiger partial charge is 0.299 e. The summed E-state index contributed by atoms with van der Waals surface area (Å²) in [6, 6.07) is 23.3. The number of amides is 2. The molecule has 2 bridgehead atoms. The SMILES string of the molecule is CCc1ccccc1N1C(=O)[C@H]2C3c4ccccc4C(C(C)=O)(c4ccccc43)[C@H]2C1=O. The quantitative estimate of drug-likeness (QED) is 0.590. The Morgan fingerprint density at radius 2 is 1.41 bits per heavy atom. The number of rotatable bonds is 3. The van der Waals surface area contributed by atoms with E-state index in [4.69, 9.17) is 0 Å². The van der Waals surface area contributed by atoms with E-state index in [0.717, 1.165) is 27.8 Å². The van der Waals surface area contributed by atoms with Crippen LogP contribution < -0.4 is 4.90 Å². The molecule has 0 radical (unpaired) electrons. The molecule has 0 N–H and O–H groups in total. The smallest absolute Gasteiger partial charge is 0.239 e. The van der Waals surface area contributed by atoms with Gasteiger partial charge in [-0.1, -0.05) is 73.7 Å². The van der Waals surface area contributed by atoms with Gasteiger partial charge in [0, 0.05) is 5.92 Å². The molecule has 0 spiro atoms. The number of benzene rings is 3. The first-order valence-corrected chi connectivity index (χ1v) is 11.2. The Morgan fingerprint density at radius 3 is 2.00 bits per heavy atom. The van der Waals surface area contributed by atoms with Crippen molar-refractivity contribution >= 4 is 23.3 Å². The van der Waals surface area contributed by atoms with Gasteiger partial charge in [0.15, 0.2) is 0 Å². The molecule has 4 heteroatoms. The Kier molecular flexibility index (Phi) is 3.89. The van der Waals surface area contributed by atoms with E-state index in [9.17, 15) is 14.4 Å². The highest BCUT2D eigenvalue weighted by Gasteiger charge is 2.70. The van der Waals surface area contributed by atoms with Crippen LogP contribution in [0.5, 0.6) is 0 Å². The van der Waals surface area contributed by atoms with Gasteiger partial charge in [-0.05, 0) is 47.2 Å². The van der Waals surface area contributed by atoms with Crippen LogP contribution in [0.4, 0.5) is 5.69 Å². The number of carbonyl (C=O) groups excluding carboxylic acids is 3. The van der Waals surface area contributed by atoms with Gasteiger partial charge in [-0.2, -0.15) is 0 Å². The van der Waals surface area contributed by atoms with Gasteiger partial charge in [-0.3, -0.25) is 14.4 Å². The Morgan fingerprint density at radius 1 is 0.844 bits per heavy atom. The lowest BCUT2D eigenvalue weighted by molar-refractivity contribution is -0.132. The molecule has 158 valence electrons. The number of anilines is 1. The Bertz CT molecular complexity index is 1280. The number of imide groups is 1. The summed E-state index contributed by atoms with van der Waals surface area (Å²) in [5.74, 6) is -2.08. The molecule has 1 saturated heterocycles. The van der Waals surface area contributed by atoms with E-state index in [1.807, 2.05) is 79.7 Å². The lowest BCUT2D eigenvalue weighted by atomic mass is 9.46. The molecule has 0 aromatic heterocycles. The first-order valence-electron chi connectivity index (χ1n) is 11.2. The molecule has 3 aromatic rings. The minimum atomic E-state index is -1.14.